The van der Waals surface area contributed by atoms with Gasteiger partial charge in [-0.15, -0.1) is 22.7 Å². The molecule has 0 saturated carbocycles. The van der Waals surface area contributed by atoms with Gasteiger partial charge in [-0.2, -0.15) is 0 Å². The van der Waals surface area contributed by atoms with Crippen LogP contribution in [0.25, 0.3) is 31.0 Å². The van der Waals surface area contributed by atoms with Crippen LogP contribution in [0.2, 0.25) is 0 Å². The summed E-state index contributed by atoms with van der Waals surface area (Å²) in [5.41, 5.74) is 5.02. The van der Waals surface area contributed by atoms with E-state index in [2.05, 4.69) is 77.9 Å². The van der Waals surface area contributed by atoms with Gasteiger partial charge in [0.05, 0.1) is 25.4 Å². The Bertz CT molecular complexity index is 1070. The first-order chi connectivity index (χ1) is 13.2. The van der Waals surface area contributed by atoms with E-state index in [1.807, 2.05) is 11.3 Å². The average molecular weight is 409 g/mol. The summed E-state index contributed by atoms with van der Waals surface area (Å²) in [5.74, 6) is 0. The zero-order chi connectivity index (χ0) is 20.1. The molecule has 0 amide bonds. The fourth-order valence-electron chi connectivity index (χ4n) is 3.40. The SMILES string of the molecule is CCC(C)(CC)c1nc2cc3nc(-c4ccc(C(C)(C)C)cc4)sc3cc2s1. The Labute approximate surface area is 175 Å². The van der Waals surface area contributed by atoms with Crippen molar-refractivity contribution in [3.63, 3.8) is 0 Å². The molecule has 0 saturated heterocycles. The van der Waals surface area contributed by atoms with Crippen molar-refractivity contribution in [3.8, 4) is 10.6 Å². The second kappa shape index (κ2) is 6.93. The standard InChI is InChI=1S/C24H28N2S2/c1-7-24(6,8-2)22-26-18-13-17-19(14-20(18)28-22)27-21(25-17)15-9-11-16(12-10-15)23(3,4)5/h9-14H,7-8H2,1-6H3. The minimum atomic E-state index is 0.171. The van der Waals surface area contributed by atoms with Gasteiger partial charge in [0.2, 0.25) is 0 Å². The van der Waals surface area contributed by atoms with Crippen molar-refractivity contribution in [2.75, 3.05) is 0 Å². The highest BCUT2D eigenvalue weighted by Crippen LogP contribution is 2.39. The number of thiazole rings is 2. The second-order valence-corrected chi connectivity index (χ2v) is 11.0. The third kappa shape index (κ3) is 3.37. The number of fused-ring (bicyclic) bond motifs is 2. The van der Waals surface area contributed by atoms with E-state index in [1.54, 1.807) is 11.3 Å². The van der Waals surface area contributed by atoms with Gasteiger partial charge in [-0.1, -0.05) is 65.8 Å². The van der Waals surface area contributed by atoms with Crippen LogP contribution in [-0.4, -0.2) is 9.97 Å². The Kier molecular flexibility index (Phi) is 4.83. The molecule has 146 valence electrons. The summed E-state index contributed by atoms with van der Waals surface area (Å²) in [6.45, 7) is 13.6. The zero-order valence-electron chi connectivity index (χ0n) is 17.6. The van der Waals surface area contributed by atoms with Gasteiger partial charge in [0, 0.05) is 11.0 Å². The van der Waals surface area contributed by atoms with Crippen LogP contribution in [0.3, 0.4) is 0 Å². The maximum atomic E-state index is 4.98. The van der Waals surface area contributed by atoms with Crippen LogP contribution >= 0.6 is 22.7 Å². The number of aromatic nitrogens is 2. The first-order valence-electron chi connectivity index (χ1n) is 10.1. The van der Waals surface area contributed by atoms with Crippen LogP contribution in [0.1, 0.15) is 65.0 Å². The molecule has 0 unspecified atom stereocenters. The predicted octanol–water partition coefficient (Wildman–Crippen LogP) is 7.95. The van der Waals surface area contributed by atoms with Gasteiger partial charge in [0.25, 0.3) is 0 Å². The predicted molar refractivity (Wildman–Crippen MR) is 125 cm³/mol. The lowest BCUT2D eigenvalue weighted by Crippen LogP contribution is -2.18. The number of rotatable bonds is 4. The average Bonchev–Trinajstić information content (AvgIpc) is 3.28. The van der Waals surface area contributed by atoms with E-state index < -0.39 is 0 Å². The minimum Gasteiger partial charge on any atom is -0.241 e. The number of hydrogen-bond donors (Lipinski definition) is 0. The lowest BCUT2D eigenvalue weighted by molar-refractivity contribution is 0.437. The van der Waals surface area contributed by atoms with Crippen molar-refractivity contribution < 1.29 is 0 Å². The summed E-state index contributed by atoms with van der Waals surface area (Å²) in [6.07, 6.45) is 2.23. The molecule has 4 rings (SSSR count). The van der Waals surface area contributed by atoms with Gasteiger partial charge >= 0.3 is 0 Å². The molecule has 0 bridgehead atoms. The topological polar surface area (TPSA) is 25.8 Å². The molecule has 0 fully saturated rings. The third-order valence-electron chi connectivity index (χ3n) is 5.97. The summed E-state index contributed by atoms with van der Waals surface area (Å²) in [6, 6.07) is 13.3. The first kappa shape index (κ1) is 19.5. The molecule has 4 aromatic rings. The first-order valence-corrected chi connectivity index (χ1v) is 11.7. The van der Waals surface area contributed by atoms with Gasteiger partial charge in [-0.25, -0.2) is 9.97 Å². The van der Waals surface area contributed by atoms with Crippen molar-refractivity contribution in [1.82, 2.24) is 9.97 Å². The van der Waals surface area contributed by atoms with E-state index in [0.29, 0.717) is 0 Å². The summed E-state index contributed by atoms with van der Waals surface area (Å²) in [5, 5.41) is 2.34. The van der Waals surface area contributed by atoms with Crippen molar-refractivity contribution in [2.45, 2.75) is 65.2 Å². The molecule has 0 aliphatic carbocycles. The molecule has 0 aliphatic heterocycles. The summed E-state index contributed by atoms with van der Waals surface area (Å²) in [7, 11) is 0. The van der Waals surface area contributed by atoms with E-state index >= 15 is 0 Å². The molecule has 0 radical (unpaired) electrons. The van der Waals surface area contributed by atoms with Crippen LogP contribution in [0.5, 0.6) is 0 Å². The smallest absolute Gasteiger partial charge is 0.124 e. The molecule has 0 spiro atoms. The highest BCUT2D eigenvalue weighted by atomic mass is 32.1. The molecule has 2 heterocycles. The zero-order valence-corrected chi connectivity index (χ0v) is 19.2. The number of benzene rings is 2. The van der Waals surface area contributed by atoms with E-state index in [4.69, 9.17) is 9.97 Å². The van der Waals surface area contributed by atoms with Crippen molar-refractivity contribution in [3.05, 3.63) is 47.0 Å². The third-order valence-corrected chi connectivity index (χ3v) is 8.36. The Balaban J connectivity index is 1.74. The molecular formula is C24H28N2S2. The highest BCUT2D eigenvalue weighted by molar-refractivity contribution is 7.22. The Morgan fingerprint density at radius 2 is 1.39 bits per heavy atom. The Hall–Kier alpha value is -1.78. The molecule has 0 N–H and O–H groups in total. The van der Waals surface area contributed by atoms with Crippen molar-refractivity contribution in [2.24, 2.45) is 0 Å². The quantitative estimate of drug-likeness (QED) is 0.342. The maximum absolute atomic E-state index is 4.98. The number of hydrogen-bond acceptors (Lipinski definition) is 4. The van der Waals surface area contributed by atoms with Gasteiger partial charge in [0.1, 0.15) is 5.01 Å². The van der Waals surface area contributed by atoms with Crippen molar-refractivity contribution >= 4 is 43.1 Å². The van der Waals surface area contributed by atoms with E-state index in [-0.39, 0.29) is 10.8 Å². The molecule has 2 nitrogen and oxygen atoms in total. The molecular weight excluding hydrogens is 380 g/mol. The summed E-state index contributed by atoms with van der Waals surface area (Å²) < 4.78 is 2.52. The van der Waals surface area contributed by atoms with E-state index in [1.165, 1.54) is 25.5 Å². The minimum absolute atomic E-state index is 0.171. The van der Waals surface area contributed by atoms with Crippen LogP contribution in [0, 0.1) is 0 Å². The Morgan fingerprint density at radius 3 is 2.00 bits per heavy atom. The normalized spacial score (nSPS) is 12.9. The molecule has 2 aromatic carbocycles. The number of nitrogens with zero attached hydrogens (tertiary/aromatic N) is 2. The highest BCUT2D eigenvalue weighted by Gasteiger charge is 2.26. The fraction of sp³-hybridized carbons (Fsp3) is 0.417. The molecule has 28 heavy (non-hydrogen) atoms. The summed E-state index contributed by atoms with van der Waals surface area (Å²) >= 11 is 3.62. The monoisotopic (exact) mass is 408 g/mol. The van der Waals surface area contributed by atoms with Gasteiger partial charge < -0.3 is 0 Å². The largest absolute Gasteiger partial charge is 0.241 e. The van der Waals surface area contributed by atoms with Gasteiger partial charge in [-0.05, 0) is 36.0 Å². The van der Waals surface area contributed by atoms with Crippen LogP contribution in [0.15, 0.2) is 36.4 Å². The van der Waals surface area contributed by atoms with Crippen LogP contribution in [-0.2, 0) is 10.8 Å². The lowest BCUT2D eigenvalue weighted by atomic mass is 9.85. The van der Waals surface area contributed by atoms with Gasteiger partial charge in [-0.3, -0.25) is 0 Å². The van der Waals surface area contributed by atoms with Gasteiger partial charge in [0.15, 0.2) is 0 Å². The molecule has 0 atom stereocenters. The Morgan fingerprint density at radius 1 is 0.786 bits per heavy atom. The molecule has 4 heteroatoms. The van der Waals surface area contributed by atoms with E-state index in [9.17, 15) is 0 Å². The second-order valence-electron chi connectivity index (χ2n) is 8.92. The van der Waals surface area contributed by atoms with Crippen molar-refractivity contribution in [1.29, 1.82) is 0 Å². The maximum Gasteiger partial charge on any atom is 0.124 e. The van der Waals surface area contributed by atoms with Crippen LogP contribution < -0.4 is 0 Å². The van der Waals surface area contributed by atoms with E-state index in [0.717, 1.165) is 28.9 Å². The summed E-state index contributed by atoms with van der Waals surface area (Å²) in [4.78, 5) is 9.90. The lowest BCUT2D eigenvalue weighted by Gasteiger charge is -2.23. The van der Waals surface area contributed by atoms with Crippen LogP contribution in [0.4, 0.5) is 0 Å². The molecule has 2 aromatic heterocycles. The fourth-order valence-corrected chi connectivity index (χ4v) is 5.74. The molecule has 0 aliphatic rings.